The number of rotatable bonds is 3. The summed E-state index contributed by atoms with van der Waals surface area (Å²) in [5, 5.41) is 0. The number of nitrogen functional groups attached to an aromatic ring is 1. The Morgan fingerprint density at radius 2 is 2.20 bits per heavy atom. The summed E-state index contributed by atoms with van der Waals surface area (Å²) in [6.45, 7) is 5.97. The molecule has 1 heterocycles. The average Bonchev–Trinajstić information content (AvgIpc) is 2.42. The molecular formula is C15H23N3O2. The average molecular weight is 277 g/mol. The van der Waals surface area contributed by atoms with Crippen LogP contribution >= 0.6 is 0 Å². The number of esters is 1. The summed E-state index contributed by atoms with van der Waals surface area (Å²) < 4.78 is 4.84. The van der Waals surface area contributed by atoms with Crippen LogP contribution in [0.15, 0.2) is 18.2 Å². The summed E-state index contributed by atoms with van der Waals surface area (Å²) in [4.78, 5) is 16.6. The van der Waals surface area contributed by atoms with Gasteiger partial charge >= 0.3 is 5.97 Å². The summed E-state index contributed by atoms with van der Waals surface area (Å²) >= 11 is 0. The van der Waals surface area contributed by atoms with E-state index in [4.69, 9.17) is 10.5 Å². The zero-order valence-corrected chi connectivity index (χ0v) is 12.4. The van der Waals surface area contributed by atoms with Gasteiger partial charge in [0, 0.05) is 37.9 Å². The zero-order chi connectivity index (χ0) is 14.7. The molecule has 1 unspecified atom stereocenters. The van der Waals surface area contributed by atoms with Crippen LogP contribution in [0.25, 0.3) is 0 Å². The van der Waals surface area contributed by atoms with Gasteiger partial charge in [0.1, 0.15) is 0 Å². The molecule has 2 rings (SSSR count). The summed E-state index contributed by atoms with van der Waals surface area (Å²) in [5.41, 5.74) is 7.85. The highest BCUT2D eigenvalue weighted by Gasteiger charge is 2.23. The number of carbonyl (C=O) groups excluding carboxylic acids is 1. The van der Waals surface area contributed by atoms with Gasteiger partial charge in [-0.25, -0.2) is 4.79 Å². The molecule has 5 nitrogen and oxygen atoms in total. The van der Waals surface area contributed by atoms with Crippen LogP contribution in [-0.2, 0) is 11.3 Å². The molecule has 0 spiro atoms. The van der Waals surface area contributed by atoms with Crippen molar-refractivity contribution in [3.05, 3.63) is 29.3 Å². The highest BCUT2D eigenvalue weighted by molar-refractivity contribution is 5.96. The second-order valence-corrected chi connectivity index (χ2v) is 5.44. The number of likely N-dealkylation sites (N-methyl/N-ethyl adjacent to an activating group) is 1. The van der Waals surface area contributed by atoms with Crippen molar-refractivity contribution >= 4 is 11.7 Å². The number of benzene rings is 1. The Labute approximate surface area is 120 Å². The first-order valence-corrected chi connectivity index (χ1v) is 6.91. The fourth-order valence-electron chi connectivity index (χ4n) is 2.61. The molecule has 1 atom stereocenters. The fraction of sp³-hybridized carbons (Fsp3) is 0.533. The van der Waals surface area contributed by atoms with E-state index in [0.29, 0.717) is 17.3 Å². The lowest BCUT2D eigenvalue weighted by Crippen LogP contribution is -2.49. The third kappa shape index (κ3) is 3.11. The fourth-order valence-corrected chi connectivity index (χ4v) is 2.61. The van der Waals surface area contributed by atoms with Crippen LogP contribution in [0.4, 0.5) is 5.69 Å². The van der Waals surface area contributed by atoms with Crippen molar-refractivity contribution in [1.82, 2.24) is 9.80 Å². The summed E-state index contributed by atoms with van der Waals surface area (Å²) in [6.07, 6.45) is 0. The number of piperazine rings is 1. The Kier molecular flexibility index (Phi) is 4.62. The predicted molar refractivity (Wildman–Crippen MR) is 79.6 cm³/mol. The predicted octanol–water partition coefficient (Wildman–Crippen LogP) is 1.19. The molecule has 20 heavy (non-hydrogen) atoms. The van der Waals surface area contributed by atoms with Crippen LogP contribution in [-0.4, -0.2) is 55.6 Å². The molecular weight excluding hydrogens is 254 g/mol. The molecule has 2 N–H and O–H groups in total. The van der Waals surface area contributed by atoms with E-state index in [1.54, 1.807) is 6.07 Å². The number of nitrogens with zero attached hydrogens (tertiary/aromatic N) is 2. The topological polar surface area (TPSA) is 58.8 Å². The standard InChI is InChI=1S/C15H23N3O2/c1-11-9-18(8-7-17(11)2)10-12-5-4-6-13(16)14(12)15(19)20-3/h4-6,11H,7-10,16H2,1-3H3. The quantitative estimate of drug-likeness (QED) is 0.664. The molecule has 0 radical (unpaired) electrons. The highest BCUT2D eigenvalue weighted by Crippen LogP contribution is 2.21. The summed E-state index contributed by atoms with van der Waals surface area (Å²) in [6, 6.07) is 6.09. The first-order chi connectivity index (χ1) is 9.52. The SMILES string of the molecule is COC(=O)c1c(N)cccc1CN1CCN(C)C(C)C1. The number of methoxy groups -OCH3 is 1. The molecule has 1 aliphatic heterocycles. The second-order valence-electron chi connectivity index (χ2n) is 5.44. The van der Waals surface area contributed by atoms with E-state index >= 15 is 0 Å². The van der Waals surface area contributed by atoms with E-state index in [-0.39, 0.29) is 5.97 Å². The van der Waals surface area contributed by atoms with Gasteiger partial charge in [0.2, 0.25) is 0 Å². The van der Waals surface area contributed by atoms with Crippen molar-refractivity contribution in [3.63, 3.8) is 0 Å². The maximum Gasteiger partial charge on any atom is 0.340 e. The maximum atomic E-state index is 11.9. The van der Waals surface area contributed by atoms with Crippen LogP contribution in [0.2, 0.25) is 0 Å². The van der Waals surface area contributed by atoms with Crippen molar-refractivity contribution in [2.75, 3.05) is 39.5 Å². The molecule has 0 bridgehead atoms. The van der Waals surface area contributed by atoms with Gasteiger partial charge in [0.15, 0.2) is 0 Å². The van der Waals surface area contributed by atoms with Gasteiger partial charge in [-0.1, -0.05) is 12.1 Å². The number of nitrogens with two attached hydrogens (primary N) is 1. The van der Waals surface area contributed by atoms with Crippen molar-refractivity contribution in [2.24, 2.45) is 0 Å². The Bertz CT molecular complexity index is 490. The molecule has 1 aliphatic rings. The molecule has 5 heteroatoms. The minimum atomic E-state index is -0.361. The minimum Gasteiger partial charge on any atom is -0.465 e. The van der Waals surface area contributed by atoms with Gasteiger partial charge in [-0.3, -0.25) is 4.90 Å². The van der Waals surface area contributed by atoms with Gasteiger partial charge in [0.25, 0.3) is 0 Å². The monoisotopic (exact) mass is 277 g/mol. The van der Waals surface area contributed by atoms with Crippen LogP contribution in [0, 0.1) is 0 Å². The Hall–Kier alpha value is -1.59. The Morgan fingerprint density at radius 1 is 1.45 bits per heavy atom. The van der Waals surface area contributed by atoms with Crippen molar-refractivity contribution in [2.45, 2.75) is 19.5 Å². The van der Waals surface area contributed by atoms with E-state index in [1.165, 1.54) is 7.11 Å². The number of carbonyl (C=O) groups is 1. The molecule has 0 aromatic heterocycles. The van der Waals surface area contributed by atoms with Crippen LogP contribution < -0.4 is 5.73 Å². The van der Waals surface area contributed by atoms with E-state index in [0.717, 1.165) is 31.7 Å². The van der Waals surface area contributed by atoms with E-state index < -0.39 is 0 Å². The third-order valence-electron chi connectivity index (χ3n) is 4.01. The minimum absolute atomic E-state index is 0.361. The highest BCUT2D eigenvalue weighted by atomic mass is 16.5. The Morgan fingerprint density at radius 3 is 2.85 bits per heavy atom. The molecule has 1 fully saturated rings. The lowest BCUT2D eigenvalue weighted by atomic mass is 10.0. The summed E-state index contributed by atoms with van der Waals surface area (Å²) in [7, 11) is 3.53. The second kappa shape index (κ2) is 6.24. The molecule has 1 saturated heterocycles. The van der Waals surface area contributed by atoms with Gasteiger partial charge in [-0.15, -0.1) is 0 Å². The van der Waals surface area contributed by atoms with Crippen molar-refractivity contribution in [3.8, 4) is 0 Å². The Balaban J connectivity index is 2.17. The molecule has 1 aromatic rings. The van der Waals surface area contributed by atoms with Gasteiger partial charge in [-0.05, 0) is 25.6 Å². The molecule has 0 saturated carbocycles. The van der Waals surface area contributed by atoms with Gasteiger partial charge < -0.3 is 15.4 Å². The summed E-state index contributed by atoms with van der Waals surface area (Å²) in [5.74, 6) is -0.361. The van der Waals surface area contributed by atoms with Gasteiger partial charge in [0.05, 0.1) is 12.7 Å². The van der Waals surface area contributed by atoms with Crippen molar-refractivity contribution < 1.29 is 9.53 Å². The normalized spacial score (nSPS) is 20.9. The molecule has 0 amide bonds. The van der Waals surface area contributed by atoms with E-state index in [1.807, 2.05) is 12.1 Å². The van der Waals surface area contributed by atoms with Crippen LogP contribution in [0.5, 0.6) is 0 Å². The maximum absolute atomic E-state index is 11.9. The molecule has 110 valence electrons. The molecule has 1 aromatic carbocycles. The van der Waals surface area contributed by atoms with E-state index in [2.05, 4.69) is 23.8 Å². The smallest absolute Gasteiger partial charge is 0.340 e. The first kappa shape index (κ1) is 14.8. The number of ether oxygens (including phenoxy) is 1. The number of anilines is 1. The zero-order valence-electron chi connectivity index (χ0n) is 12.4. The number of hydrogen-bond donors (Lipinski definition) is 1. The largest absolute Gasteiger partial charge is 0.465 e. The van der Waals surface area contributed by atoms with E-state index in [9.17, 15) is 4.79 Å². The number of hydrogen-bond acceptors (Lipinski definition) is 5. The van der Waals surface area contributed by atoms with Crippen molar-refractivity contribution in [1.29, 1.82) is 0 Å². The van der Waals surface area contributed by atoms with Gasteiger partial charge in [-0.2, -0.15) is 0 Å². The lowest BCUT2D eigenvalue weighted by Gasteiger charge is -2.37. The molecule has 0 aliphatic carbocycles. The van der Waals surface area contributed by atoms with Crippen LogP contribution in [0.3, 0.4) is 0 Å². The first-order valence-electron chi connectivity index (χ1n) is 6.91. The lowest BCUT2D eigenvalue weighted by molar-refractivity contribution is 0.0597. The van der Waals surface area contributed by atoms with Crippen LogP contribution in [0.1, 0.15) is 22.8 Å². The third-order valence-corrected chi connectivity index (χ3v) is 4.01.